The predicted octanol–water partition coefficient (Wildman–Crippen LogP) is 7.06. The first kappa shape index (κ1) is 40.4. The van der Waals surface area contributed by atoms with Gasteiger partial charge in [0, 0.05) is 45.0 Å². The second kappa shape index (κ2) is 16.0. The Morgan fingerprint density at radius 1 is 1.00 bits per heavy atom. The van der Waals surface area contributed by atoms with E-state index in [1.165, 1.54) is 14.2 Å². The van der Waals surface area contributed by atoms with Crippen molar-refractivity contribution < 1.29 is 42.9 Å². The van der Waals surface area contributed by atoms with Gasteiger partial charge in [0.25, 0.3) is 5.91 Å². The largest absolute Gasteiger partial charge is 0.496 e. The summed E-state index contributed by atoms with van der Waals surface area (Å²) in [5.74, 6) is -0.681. The summed E-state index contributed by atoms with van der Waals surface area (Å²) >= 11 is 12.9. The van der Waals surface area contributed by atoms with Gasteiger partial charge < -0.3 is 39.2 Å². The summed E-state index contributed by atoms with van der Waals surface area (Å²) < 4.78 is 29.5. The zero-order valence-corrected chi connectivity index (χ0v) is 33.6. The lowest BCUT2D eigenvalue weighted by atomic mass is 9.95. The molecule has 296 valence electrons. The Bertz CT molecular complexity index is 2180. The minimum atomic E-state index is -1.30. The molecule has 0 bridgehead atoms. The maximum Gasteiger partial charge on any atom is 0.408 e. The zero-order chi connectivity index (χ0) is 40.5. The molecule has 2 aliphatic heterocycles. The van der Waals surface area contributed by atoms with Crippen LogP contribution in [0.2, 0.25) is 10.0 Å². The first-order valence-electron chi connectivity index (χ1n) is 17.8. The van der Waals surface area contributed by atoms with Crippen molar-refractivity contribution in [3.63, 3.8) is 0 Å². The highest BCUT2D eigenvalue weighted by Gasteiger charge is 2.39. The van der Waals surface area contributed by atoms with Crippen molar-refractivity contribution in [3.05, 3.63) is 75.9 Å². The minimum Gasteiger partial charge on any atom is -0.496 e. The topological polar surface area (TPSA) is 160 Å². The summed E-state index contributed by atoms with van der Waals surface area (Å²) in [6, 6.07) is 14.3. The van der Waals surface area contributed by atoms with E-state index in [1.54, 1.807) is 72.8 Å². The summed E-state index contributed by atoms with van der Waals surface area (Å²) in [5.41, 5.74) is 2.77. The van der Waals surface area contributed by atoms with Crippen molar-refractivity contribution in [2.75, 3.05) is 39.3 Å². The van der Waals surface area contributed by atoms with Crippen molar-refractivity contribution in [1.82, 2.24) is 20.0 Å². The fourth-order valence-electron chi connectivity index (χ4n) is 6.56. The molecule has 14 nitrogen and oxygen atoms in total. The number of carbonyl (C=O) groups excluding carboxylic acids is 4. The quantitative estimate of drug-likeness (QED) is 0.168. The van der Waals surface area contributed by atoms with Crippen LogP contribution in [0.3, 0.4) is 0 Å². The van der Waals surface area contributed by atoms with E-state index in [4.69, 9.17) is 52.0 Å². The Labute approximate surface area is 334 Å². The normalized spacial score (nSPS) is 15.1. The molecule has 56 heavy (non-hydrogen) atoms. The van der Waals surface area contributed by atoms with E-state index in [0.29, 0.717) is 80.6 Å². The van der Waals surface area contributed by atoms with Crippen molar-refractivity contribution in [3.8, 4) is 39.6 Å². The van der Waals surface area contributed by atoms with Crippen molar-refractivity contribution in [2.45, 2.75) is 64.8 Å². The van der Waals surface area contributed by atoms with Gasteiger partial charge in [0.15, 0.2) is 5.69 Å². The molecule has 1 atom stereocenters. The standard InChI is InChI=1S/C40H43Cl2N5O9/c1-39(2,3)56-38(51)44-30(18-33(48)53-7)36(49)43-25-10-8-9-22(13-25)27-17-28-32(19-31(27)52-6)55-20-29-34(37(50)46-11-12-54-21-40(46,4)5)45-47(35(28)29)26-15-23(41)14-24(42)16-26/h8-10,13-17,19,30H,11-12,18,20-21H2,1-7H3,(H,43,49)(H,44,51)/t30-/m1/s1. The minimum absolute atomic E-state index is 0.0521. The van der Waals surface area contributed by atoms with E-state index >= 15 is 0 Å². The van der Waals surface area contributed by atoms with E-state index in [0.717, 1.165) is 0 Å². The average molecular weight is 809 g/mol. The molecule has 0 spiro atoms. The van der Waals surface area contributed by atoms with Crippen LogP contribution in [0, 0.1) is 0 Å². The van der Waals surface area contributed by atoms with Crippen molar-refractivity contribution >= 4 is 52.8 Å². The number of benzene rings is 3. The van der Waals surface area contributed by atoms with Crippen LogP contribution in [-0.4, -0.2) is 89.7 Å². The number of fused-ring (bicyclic) bond motifs is 3. The van der Waals surface area contributed by atoms with Gasteiger partial charge in [-0.2, -0.15) is 5.10 Å². The van der Waals surface area contributed by atoms with Gasteiger partial charge in [-0.25, -0.2) is 9.48 Å². The zero-order valence-electron chi connectivity index (χ0n) is 32.1. The molecule has 0 saturated carbocycles. The second-order valence-corrected chi connectivity index (χ2v) is 15.8. The van der Waals surface area contributed by atoms with Gasteiger partial charge in [-0.15, -0.1) is 0 Å². The Morgan fingerprint density at radius 3 is 2.39 bits per heavy atom. The Balaban J connectivity index is 1.41. The first-order chi connectivity index (χ1) is 26.5. The molecule has 3 amide bonds. The SMILES string of the molecule is COC(=O)C[C@@H](NC(=O)OC(C)(C)C)C(=O)Nc1cccc(-c2cc3c(cc2OC)OCc2c(C(=O)N4CCOCC4(C)C)nn(-c4cc(Cl)cc(Cl)c4)c2-3)c1. The number of anilines is 1. The summed E-state index contributed by atoms with van der Waals surface area (Å²) in [4.78, 5) is 54.3. The number of aromatic nitrogens is 2. The number of alkyl carbamates (subject to hydrolysis) is 1. The lowest BCUT2D eigenvalue weighted by Gasteiger charge is -2.41. The number of halogens is 2. The van der Waals surface area contributed by atoms with Gasteiger partial charge >= 0.3 is 12.1 Å². The molecular weight excluding hydrogens is 765 g/mol. The number of esters is 1. The number of ether oxygens (including phenoxy) is 5. The summed E-state index contributed by atoms with van der Waals surface area (Å²) in [7, 11) is 2.72. The summed E-state index contributed by atoms with van der Waals surface area (Å²) in [6.45, 7) is 10.2. The number of hydrogen-bond acceptors (Lipinski definition) is 10. The predicted molar refractivity (Wildman–Crippen MR) is 210 cm³/mol. The van der Waals surface area contributed by atoms with E-state index in [1.807, 2.05) is 26.0 Å². The van der Waals surface area contributed by atoms with Crippen LogP contribution in [0.5, 0.6) is 11.5 Å². The highest BCUT2D eigenvalue weighted by Crippen LogP contribution is 2.47. The van der Waals surface area contributed by atoms with Crippen LogP contribution in [-0.2, 0) is 30.4 Å². The van der Waals surface area contributed by atoms with Gasteiger partial charge in [-0.3, -0.25) is 14.4 Å². The van der Waals surface area contributed by atoms with Crippen LogP contribution in [0.25, 0.3) is 28.1 Å². The molecule has 3 aromatic carbocycles. The molecule has 3 heterocycles. The van der Waals surface area contributed by atoms with E-state index in [9.17, 15) is 19.2 Å². The molecule has 2 aliphatic rings. The number of nitrogens with one attached hydrogen (secondary N) is 2. The molecule has 0 aliphatic carbocycles. The van der Waals surface area contributed by atoms with Crippen LogP contribution in [0.15, 0.2) is 54.6 Å². The summed E-state index contributed by atoms with van der Waals surface area (Å²) in [5, 5.41) is 10.9. The Morgan fingerprint density at radius 2 is 1.73 bits per heavy atom. The lowest BCUT2D eigenvalue weighted by molar-refractivity contribution is -0.142. The van der Waals surface area contributed by atoms with E-state index in [-0.39, 0.29) is 18.2 Å². The molecule has 2 N–H and O–H groups in total. The molecule has 1 fully saturated rings. The van der Waals surface area contributed by atoms with E-state index < -0.39 is 41.6 Å². The van der Waals surface area contributed by atoms with Gasteiger partial charge in [0.1, 0.15) is 29.7 Å². The molecule has 16 heteroatoms. The molecule has 0 unspecified atom stereocenters. The second-order valence-electron chi connectivity index (χ2n) is 14.9. The highest BCUT2D eigenvalue weighted by atomic mass is 35.5. The number of morpholine rings is 1. The van der Waals surface area contributed by atoms with Gasteiger partial charge in [-0.05, 0) is 76.6 Å². The van der Waals surface area contributed by atoms with E-state index in [2.05, 4.69) is 10.6 Å². The Kier molecular flexibility index (Phi) is 11.6. The molecule has 1 aromatic heterocycles. The monoisotopic (exact) mass is 807 g/mol. The molecule has 4 aromatic rings. The molecule has 6 rings (SSSR count). The third-order valence-corrected chi connectivity index (χ3v) is 9.58. The van der Waals surface area contributed by atoms with Gasteiger partial charge in [0.05, 0.1) is 50.8 Å². The Hall–Kier alpha value is -5.31. The van der Waals surface area contributed by atoms with Crippen LogP contribution < -0.4 is 20.1 Å². The maximum atomic E-state index is 14.3. The van der Waals surface area contributed by atoms with Crippen molar-refractivity contribution in [2.24, 2.45) is 0 Å². The number of rotatable bonds is 9. The molecule has 1 saturated heterocycles. The first-order valence-corrected chi connectivity index (χ1v) is 18.5. The highest BCUT2D eigenvalue weighted by molar-refractivity contribution is 6.34. The van der Waals surface area contributed by atoms with Crippen LogP contribution >= 0.6 is 23.2 Å². The fraction of sp³-hybridized carbons (Fsp3) is 0.375. The maximum absolute atomic E-state index is 14.3. The van der Waals surface area contributed by atoms with Crippen LogP contribution in [0.4, 0.5) is 10.5 Å². The smallest absolute Gasteiger partial charge is 0.408 e. The number of amides is 3. The average Bonchev–Trinajstić information content (AvgIpc) is 3.53. The number of carbonyl (C=O) groups is 4. The molecule has 0 radical (unpaired) electrons. The summed E-state index contributed by atoms with van der Waals surface area (Å²) in [6.07, 6.45) is -1.30. The number of methoxy groups -OCH3 is 2. The van der Waals surface area contributed by atoms with Gasteiger partial charge in [-0.1, -0.05) is 35.3 Å². The third kappa shape index (κ3) is 8.72. The van der Waals surface area contributed by atoms with Gasteiger partial charge in [0.2, 0.25) is 5.91 Å². The number of nitrogens with zero attached hydrogens (tertiary/aromatic N) is 3. The number of hydrogen-bond donors (Lipinski definition) is 2. The fourth-order valence-corrected chi connectivity index (χ4v) is 7.07. The third-order valence-electron chi connectivity index (χ3n) is 9.14. The lowest BCUT2D eigenvalue weighted by Crippen LogP contribution is -2.55. The molecular formula is C40H43Cl2N5O9. The van der Waals surface area contributed by atoms with Crippen LogP contribution in [0.1, 0.15) is 57.1 Å². The van der Waals surface area contributed by atoms with Crippen molar-refractivity contribution in [1.29, 1.82) is 0 Å².